The second-order valence-electron chi connectivity index (χ2n) is 11.1. The Morgan fingerprint density at radius 2 is 1.47 bits per heavy atom. The third-order valence-electron chi connectivity index (χ3n) is 8.94. The van der Waals surface area contributed by atoms with Gasteiger partial charge in [0.25, 0.3) is 5.69 Å². The van der Waals surface area contributed by atoms with Gasteiger partial charge in [-0.05, 0) is 46.4 Å². The Hall–Kier alpha value is -5.44. The van der Waals surface area contributed by atoms with Crippen LogP contribution in [0.1, 0.15) is 40.2 Å². The largest absolute Gasteiger partial charge is 0.274 e. The first-order valence-electron chi connectivity index (χ1n) is 14.1. The van der Waals surface area contributed by atoms with E-state index in [4.69, 9.17) is 0 Å². The van der Waals surface area contributed by atoms with Crippen molar-refractivity contribution in [2.45, 2.75) is 24.2 Å². The minimum absolute atomic E-state index is 0.133. The van der Waals surface area contributed by atoms with Crippen LogP contribution >= 0.6 is 0 Å². The molecule has 0 radical (unpaired) electrons. The van der Waals surface area contributed by atoms with Crippen molar-refractivity contribution in [1.29, 1.82) is 0 Å². The molecule has 0 spiro atoms. The van der Waals surface area contributed by atoms with Gasteiger partial charge in [0.15, 0.2) is 0 Å². The molecule has 2 atom stereocenters. The first-order valence-corrected chi connectivity index (χ1v) is 14.1. The molecule has 3 aliphatic carbocycles. The minimum atomic E-state index is -1.12. The van der Waals surface area contributed by atoms with Crippen LogP contribution in [0.15, 0.2) is 108 Å². The molecule has 1 aliphatic heterocycles. The standard InChI is InChI=1S/C34H26N4O5/c39-28(19-14-21-8-2-1-3-9-21)36-35-20-34-26-12-6-4-10-24(26)29(25-11-5-7-13-27(25)34)30-31(34)33(41)37(32(30)40)22-15-17-23(18-16-22)38(42)43/h1-13,15-18,20,29-31H,14,19H2,(H,36,39)/b35-20-/t29?,30-,31-,34?/m0/s1. The first kappa shape index (κ1) is 26.5. The molecular weight excluding hydrogens is 544 g/mol. The summed E-state index contributed by atoms with van der Waals surface area (Å²) >= 11 is 0. The molecule has 1 saturated heterocycles. The van der Waals surface area contributed by atoms with Gasteiger partial charge in [-0.2, -0.15) is 5.10 Å². The fourth-order valence-electron chi connectivity index (χ4n) is 7.19. The number of nitrogens with one attached hydrogen (secondary N) is 1. The van der Waals surface area contributed by atoms with Gasteiger partial charge in [0.2, 0.25) is 17.7 Å². The van der Waals surface area contributed by atoms with Gasteiger partial charge >= 0.3 is 0 Å². The number of nitro benzene ring substituents is 1. The summed E-state index contributed by atoms with van der Waals surface area (Å²) in [6.45, 7) is 0. The lowest BCUT2D eigenvalue weighted by molar-refractivity contribution is -0.384. The number of hydrogen-bond donors (Lipinski definition) is 1. The zero-order chi connectivity index (χ0) is 29.7. The molecule has 1 heterocycles. The molecule has 4 aliphatic rings. The number of anilines is 1. The number of hydrazone groups is 1. The molecule has 8 rings (SSSR count). The third kappa shape index (κ3) is 3.99. The molecule has 3 amide bonds. The Kier molecular flexibility index (Phi) is 6.23. The van der Waals surface area contributed by atoms with Gasteiger partial charge in [-0.3, -0.25) is 24.5 Å². The average Bonchev–Trinajstić information content (AvgIpc) is 3.31. The van der Waals surface area contributed by atoms with E-state index in [1.54, 1.807) is 6.21 Å². The van der Waals surface area contributed by atoms with E-state index < -0.39 is 28.1 Å². The smallest absolute Gasteiger partial charge is 0.269 e. The SMILES string of the molecule is O=C(CCc1ccccc1)N/N=C\C12c3ccccc3C(c3ccccc31)[C@@H]1C(=O)N(c3ccc([N+](=O)[O-])cc3)C(=O)[C@H]12. The molecule has 0 saturated carbocycles. The van der Waals surface area contributed by atoms with Gasteiger partial charge in [0, 0.05) is 30.7 Å². The molecular formula is C34H26N4O5. The van der Waals surface area contributed by atoms with Crippen LogP contribution in [0, 0.1) is 22.0 Å². The number of aryl methyl sites for hydroxylation is 1. The maximum atomic E-state index is 14.4. The fourth-order valence-corrected chi connectivity index (χ4v) is 7.19. The molecule has 0 unspecified atom stereocenters. The number of imide groups is 1. The van der Waals surface area contributed by atoms with E-state index in [1.165, 1.54) is 24.3 Å². The van der Waals surface area contributed by atoms with Gasteiger partial charge in [-0.1, -0.05) is 78.9 Å². The van der Waals surface area contributed by atoms with E-state index in [2.05, 4.69) is 10.5 Å². The van der Waals surface area contributed by atoms with E-state index in [0.29, 0.717) is 6.42 Å². The monoisotopic (exact) mass is 570 g/mol. The first-order chi connectivity index (χ1) is 20.9. The molecule has 4 aromatic rings. The highest BCUT2D eigenvalue weighted by Crippen LogP contribution is 2.63. The molecule has 9 nitrogen and oxygen atoms in total. The summed E-state index contributed by atoms with van der Waals surface area (Å²) in [6, 6.07) is 30.7. The van der Waals surface area contributed by atoms with E-state index in [0.717, 1.165) is 32.7 Å². The second kappa shape index (κ2) is 10.1. The van der Waals surface area contributed by atoms with Gasteiger partial charge < -0.3 is 0 Å². The Bertz CT molecular complexity index is 1770. The third-order valence-corrected chi connectivity index (χ3v) is 8.94. The maximum Gasteiger partial charge on any atom is 0.269 e. The van der Waals surface area contributed by atoms with Crippen LogP contribution in [0.5, 0.6) is 0 Å². The number of amides is 3. The Labute approximate surface area is 247 Å². The molecule has 2 bridgehead atoms. The summed E-state index contributed by atoms with van der Waals surface area (Å²) in [5, 5.41) is 15.7. The molecule has 0 aromatic heterocycles. The quantitative estimate of drug-likeness (QED) is 0.147. The Morgan fingerprint density at radius 3 is 2.09 bits per heavy atom. The fraction of sp³-hybridized carbons (Fsp3) is 0.176. The number of benzene rings is 4. The topological polar surface area (TPSA) is 122 Å². The summed E-state index contributed by atoms with van der Waals surface area (Å²) < 4.78 is 0. The number of carbonyl (C=O) groups excluding carboxylic acids is 3. The lowest BCUT2D eigenvalue weighted by Gasteiger charge is -2.52. The zero-order valence-corrected chi connectivity index (χ0v) is 22.9. The van der Waals surface area contributed by atoms with Crippen LogP contribution in [0.3, 0.4) is 0 Å². The van der Waals surface area contributed by atoms with Crippen LogP contribution < -0.4 is 10.3 Å². The lowest BCUT2D eigenvalue weighted by Crippen LogP contribution is -2.54. The molecule has 9 heteroatoms. The normalized spacial score (nSPS) is 23.2. The predicted molar refractivity (Wildman–Crippen MR) is 159 cm³/mol. The number of carbonyl (C=O) groups is 3. The Morgan fingerprint density at radius 1 is 0.860 bits per heavy atom. The van der Waals surface area contributed by atoms with Gasteiger partial charge in [0.05, 0.1) is 27.9 Å². The van der Waals surface area contributed by atoms with Gasteiger partial charge in [-0.15, -0.1) is 0 Å². The molecule has 4 aromatic carbocycles. The number of non-ortho nitro benzene ring substituents is 1. The number of rotatable bonds is 7. The highest BCUT2D eigenvalue weighted by Gasteiger charge is 2.68. The van der Waals surface area contributed by atoms with Crippen LogP contribution in [0.2, 0.25) is 0 Å². The van der Waals surface area contributed by atoms with Crippen molar-refractivity contribution < 1.29 is 19.3 Å². The lowest BCUT2D eigenvalue weighted by atomic mass is 9.47. The summed E-state index contributed by atoms with van der Waals surface area (Å²) in [5.74, 6) is -2.92. The van der Waals surface area contributed by atoms with Crippen molar-refractivity contribution in [1.82, 2.24) is 5.43 Å². The number of nitro groups is 1. The van der Waals surface area contributed by atoms with E-state index >= 15 is 0 Å². The van der Waals surface area contributed by atoms with Crippen molar-refractivity contribution >= 4 is 35.3 Å². The maximum absolute atomic E-state index is 14.4. The van der Waals surface area contributed by atoms with Crippen molar-refractivity contribution in [2.24, 2.45) is 16.9 Å². The van der Waals surface area contributed by atoms with Crippen LogP contribution in [0.25, 0.3) is 0 Å². The van der Waals surface area contributed by atoms with Gasteiger partial charge in [-0.25, -0.2) is 10.3 Å². The predicted octanol–water partition coefficient (Wildman–Crippen LogP) is 4.88. The van der Waals surface area contributed by atoms with Crippen molar-refractivity contribution in [2.75, 3.05) is 4.90 Å². The molecule has 1 fully saturated rings. The summed E-state index contributed by atoms with van der Waals surface area (Å²) in [5.41, 5.74) is 6.35. The van der Waals surface area contributed by atoms with Crippen LogP contribution in [-0.2, 0) is 26.2 Å². The summed E-state index contributed by atoms with van der Waals surface area (Å²) in [4.78, 5) is 53.2. The molecule has 43 heavy (non-hydrogen) atoms. The zero-order valence-electron chi connectivity index (χ0n) is 22.9. The van der Waals surface area contributed by atoms with E-state index in [9.17, 15) is 24.5 Å². The molecule has 212 valence electrons. The second-order valence-corrected chi connectivity index (χ2v) is 11.1. The van der Waals surface area contributed by atoms with Crippen LogP contribution in [-0.4, -0.2) is 28.9 Å². The highest BCUT2D eigenvalue weighted by molar-refractivity contribution is 6.25. The van der Waals surface area contributed by atoms with Crippen molar-refractivity contribution in [3.63, 3.8) is 0 Å². The average molecular weight is 571 g/mol. The highest BCUT2D eigenvalue weighted by atomic mass is 16.6. The number of nitrogens with zero attached hydrogens (tertiary/aromatic N) is 3. The van der Waals surface area contributed by atoms with Crippen LogP contribution in [0.4, 0.5) is 11.4 Å². The Balaban J connectivity index is 1.30. The van der Waals surface area contributed by atoms with Crippen molar-refractivity contribution in [3.8, 4) is 0 Å². The summed E-state index contributed by atoms with van der Waals surface area (Å²) in [7, 11) is 0. The molecule has 1 N–H and O–H groups in total. The van der Waals surface area contributed by atoms with Crippen molar-refractivity contribution in [3.05, 3.63) is 141 Å². The van der Waals surface area contributed by atoms with Gasteiger partial charge in [0.1, 0.15) is 0 Å². The summed E-state index contributed by atoms with van der Waals surface area (Å²) in [6.07, 6.45) is 2.42. The minimum Gasteiger partial charge on any atom is -0.274 e. The van der Waals surface area contributed by atoms with E-state index in [1.807, 2.05) is 78.9 Å². The number of hydrogen-bond acceptors (Lipinski definition) is 6. The van der Waals surface area contributed by atoms with E-state index in [-0.39, 0.29) is 35.5 Å².